The van der Waals surface area contributed by atoms with Gasteiger partial charge in [-0.25, -0.2) is 14.8 Å². The summed E-state index contributed by atoms with van der Waals surface area (Å²) in [5, 5.41) is 9.12. The fourth-order valence-electron chi connectivity index (χ4n) is 2.71. The number of nitrogens with zero attached hydrogens (tertiary/aromatic N) is 3. The van der Waals surface area contributed by atoms with Crippen molar-refractivity contribution in [2.45, 2.75) is 25.2 Å². The zero-order valence-corrected chi connectivity index (χ0v) is 11.1. The van der Waals surface area contributed by atoms with Crippen molar-refractivity contribution < 1.29 is 19.4 Å². The SMILES string of the molecule is O=C(O)c1cncnc1CN1CCC2(CC1)OCCO2. The first kappa shape index (κ1) is 13.4. The Morgan fingerprint density at radius 1 is 1.35 bits per heavy atom. The molecule has 2 saturated heterocycles. The first-order valence-electron chi connectivity index (χ1n) is 6.71. The van der Waals surface area contributed by atoms with Gasteiger partial charge in [-0.3, -0.25) is 4.90 Å². The van der Waals surface area contributed by atoms with Gasteiger partial charge in [-0.2, -0.15) is 0 Å². The quantitative estimate of drug-likeness (QED) is 0.863. The van der Waals surface area contributed by atoms with Gasteiger partial charge in [0.05, 0.1) is 18.9 Å². The monoisotopic (exact) mass is 279 g/mol. The maximum Gasteiger partial charge on any atom is 0.339 e. The van der Waals surface area contributed by atoms with Gasteiger partial charge in [0.15, 0.2) is 5.79 Å². The van der Waals surface area contributed by atoms with E-state index in [1.54, 1.807) is 0 Å². The Balaban J connectivity index is 1.64. The fraction of sp³-hybridized carbons (Fsp3) is 0.615. The lowest BCUT2D eigenvalue weighted by Gasteiger charge is -2.37. The number of carboxylic acids is 1. The molecule has 3 rings (SSSR count). The van der Waals surface area contributed by atoms with E-state index in [-0.39, 0.29) is 5.56 Å². The largest absolute Gasteiger partial charge is 0.478 e. The van der Waals surface area contributed by atoms with Crippen LogP contribution in [0.2, 0.25) is 0 Å². The third-order valence-corrected chi connectivity index (χ3v) is 3.83. The molecule has 0 aromatic carbocycles. The highest BCUT2D eigenvalue weighted by Gasteiger charge is 2.39. The van der Waals surface area contributed by atoms with E-state index in [4.69, 9.17) is 14.6 Å². The third-order valence-electron chi connectivity index (χ3n) is 3.83. The minimum Gasteiger partial charge on any atom is -0.478 e. The van der Waals surface area contributed by atoms with Crippen LogP contribution in [0.5, 0.6) is 0 Å². The maximum absolute atomic E-state index is 11.1. The van der Waals surface area contributed by atoms with Gasteiger partial charge in [0, 0.05) is 38.7 Å². The Hall–Kier alpha value is -1.57. The molecule has 3 heterocycles. The van der Waals surface area contributed by atoms with E-state index in [2.05, 4.69) is 14.9 Å². The molecular formula is C13H17N3O4. The summed E-state index contributed by atoms with van der Waals surface area (Å²) in [4.78, 5) is 21.2. The van der Waals surface area contributed by atoms with E-state index in [0.29, 0.717) is 25.5 Å². The summed E-state index contributed by atoms with van der Waals surface area (Å²) in [5.41, 5.74) is 0.720. The number of aromatic nitrogens is 2. The second-order valence-corrected chi connectivity index (χ2v) is 5.07. The van der Waals surface area contributed by atoms with Crippen LogP contribution >= 0.6 is 0 Å². The van der Waals surface area contributed by atoms with Gasteiger partial charge in [0.2, 0.25) is 0 Å². The van der Waals surface area contributed by atoms with E-state index >= 15 is 0 Å². The molecule has 7 heteroatoms. The first-order valence-corrected chi connectivity index (χ1v) is 6.71. The molecule has 20 heavy (non-hydrogen) atoms. The van der Waals surface area contributed by atoms with Crippen LogP contribution in [-0.4, -0.2) is 58.0 Å². The Labute approximate surface area is 116 Å². The molecule has 1 spiro atoms. The molecule has 0 unspecified atom stereocenters. The molecule has 1 aromatic heterocycles. The van der Waals surface area contributed by atoms with E-state index < -0.39 is 11.8 Å². The van der Waals surface area contributed by atoms with E-state index in [0.717, 1.165) is 25.9 Å². The van der Waals surface area contributed by atoms with E-state index in [1.807, 2.05) is 0 Å². The number of ether oxygens (including phenoxy) is 2. The highest BCUT2D eigenvalue weighted by molar-refractivity contribution is 5.88. The Bertz CT molecular complexity index is 492. The molecule has 0 bridgehead atoms. The molecule has 0 radical (unpaired) electrons. The molecule has 0 aliphatic carbocycles. The summed E-state index contributed by atoms with van der Waals surface area (Å²) in [7, 11) is 0. The van der Waals surface area contributed by atoms with E-state index in [9.17, 15) is 4.79 Å². The molecule has 2 aliphatic rings. The molecule has 1 aromatic rings. The van der Waals surface area contributed by atoms with Crippen LogP contribution in [0.3, 0.4) is 0 Å². The van der Waals surface area contributed by atoms with Gasteiger partial charge in [0.25, 0.3) is 0 Å². The third kappa shape index (κ3) is 2.65. The number of carboxylic acid groups (broad SMARTS) is 1. The smallest absolute Gasteiger partial charge is 0.339 e. The molecule has 7 nitrogen and oxygen atoms in total. The summed E-state index contributed by atoms with van der Waals surface area (Å²) in [6.07, 6.45) is 4.34. The minimum atomic E-state index is -0.989. The van der Waals surface area contributed by atoms with Crippen molar-refractivity contribution in [3.8, 4) is 0 Å². The lowest BCUT2D eigenvalue weighted by Crippen LogP contribution is -2.44. The lowest BCUT2D eigenvalue weighted by atomic mass is 10.0. The van der Waals surface area contributed by atoms with Crippen molar-refractivity contribution in [2.24, 2.45) is 0 Å². The fourth-order valence-corrected chi connectivity index (χ4v) is 2.71. The lowest BCUT2D eigenvalue weighted by molar-refractivity contribution is -0.185. The Kier molecular flexibility index (Phi) is 3.64. The van der Waals surface area contributed by atoms with Gasteiger partial charge in [-0.15, -0.1) is 0 Å². The first-order chi connectivity index (χ1) is 9.69. The van der Waals surface area contributed by atoms with Crippen molar-refractivity contribution >= 4 is 5.97 Å². The zero-order valence-electron chi connectivity index (χ0n) is 11.1. The normalized spacial score (nSPS) is 22.2. The highest BCUT2D eigenvalue weighted by atomic mass is 16.7. The molecule has 0 saturated carbocycles. The van der Waals surface area contributed by atoms with Crippen molar-refractivity contribution in [2.75, 3.05) is 26.3 Å². The molecule has 1 N–H and O–H groups in total. The summed E-state index contributed by atoms with van der Waals surface area (Å²) < 4.78 is 11.3. The molecule has 2 fully saturated rings. The topological polar surface area (TPSA) is 84.8 Å². The maximum atomic E-state index is 11.1. The number of hydrogen-bond acceptors (Lipinski definition) is 6. The summed E-state index contributed by atoms with van der Waals surface area (Å²) >= 11 is 0. The second kappa shape index (κ2) is 5.43. The number of aromatic carboxylic acids is 1. The predicted molar refractivity (Wildman–Crippen MR) is 68.1 cm³/mol. The number of likely N-dealkylation sites (tertiary alicyclic amines) is 1. The summed E-state index contributed by atoms with van der Waals surface area (Å²) in [6.45, 7) is 3.45. The van der Waals surface area contributed by atoms with Crippen LogP contribution in [-0.2, 0) is 16.0 Å². The standard InChI is InChI=1S/C13H17N3O4/c17-12(18)10-7-14-9-15-11(10)8-16-3-1-13(2-4-16)19-5-6-20-13/h7,9H,1-6,8H2,(H,17,18). The molecule has 2 aliphatic heterocycles. The average Bonchev–Trinajstić information content (AvgIpc) is 2.90. The number of piperidine rings is 1. The Morgan fingerprint density at radius 3 is 2.70 bits per heavy atom. The van der Waals surface area contributed by atoms with Crippen LogP contribution in [0.25, 0.3) is 0 Å². The van der Waals surface area contributed by atoms with Crippen molar-refractivity contribution in [3.05, 3.63) is 23.8 Å². The highest BCUT2D eigenvalue weighted by Crippen LogP contribution is 2.31. The summed E-state index contributed by atoms with van der Waals surface area (Å²) in [5.74, 6) is -1.39. The van der Waals surface area contributed by atoms with Crippen LogP contribution in [0.15, 0.2) is 12.5 Å². The number of rotatable bonds is 3. The molecule has 0 amide bonds. The second-order valence-electron chi connectivity index (χ2n) is 5.07. The number of hydrogen-bond donors (Lipinski definition) is 1. The summed E-state index contributed by atoms with van der Waals surface area (Å²) in [6, 6.07) is 0. The van der Waals surface area contributed by atoms with Crippen LogP contribution in [0, 0.1) is 0 Å². The molecule has 0 atom stereocenters. The zero-order chi connectivity index (χ0) is 14.0. The van der Waals surface area contributed by atoms with E-state index in [1.165, 1.54) is 12.5 Å². The predicted octanol–water partition coefficient (Wildman–Crippen LogP) is 0.514. The Morgan fingerprint density at radius 2 is 2.05 bits per heavy atom. The van der Waals surface area contributed by atoms with Gasteiger partial charge in [0.1, 0.15) is 11.9 Å². The van der Waals surface area contributed by atoms with Crippen LogP contribution < -0.4 is 0 Å². The van der Waals surface area contributed by atoms with Gasteiger partial charge in [-0.05, 0) is 0 Å². The van der Waals surface area contributed by atoms with Crippen LogP contribution in [0.4, 0.5) is 0 Å². The average molecular weight is 279 g/mol. The number of carbonyl (C=O) groups is 1. The van der Waals surface area contributed by atoms with Gasteiger partial charge in [-0.1, -0.05) is 0 Å². The molecule has 108 valence electrons. The van der Waals surface area contributed by atoms with Gasteiger partial charge < -0.3 is 14.6 Å². The molecular weight excluding hydrogens is 262 g/mol. The van der Waals surface area contributed by atoms with Crippen molar-refractivity contribution in [3.63, 3.8) is 0 Å². The van der Waals surface area contributed by atoms with Crippen molar-refractivity contribution in [1.29, 1.82) is 0 Å². The van der Waals surface area contributed by atoms with Crippen molar-refractivity contribution in [1.82, 2.24) is 14.9 Å². The van der Waals surface area contributed by atoms with Crippen LogP contribution in [0.1, 0.15) is 28.9 Å². The van der Waals surface area contributed by atoms with Gasteiger partial charge >= 0.3 is 5.97 Å². The minimum absolute atomic E-state index is 0.168.